The van der Waals surface area contributed by atoms with Crippen molar-refractivity contribution in [1.82, 2.24) is 4.98 Å². The number of nitrogens with zero attached hydrogens (tertiary/aromatic N) is 1. The van der Waals surface area contributed by atoms with Gasteiger partial charge in [-0.05, 0) is 19.2 Å². The maximum atomic E-state index is 5.02. The van der Waals surface area contributed by atoms with Crippen LogP contribution in [-0.2, 0) is 4.74 Å². The minimum atomic E-state index is 0.463. The Labute approximate surface area is 91.8 Å². The van der Waals surface area contributed by atoms with E-state index in [0.717, 1.165) is 19.0 Å². The molecule has 0 aromatic carbocycles. The molecule has 1 aliphatic rings. The predicted molar refractivity (Wildman–Crippen MR) is 63.9 cm³/mol. The third-order valence-corrected chi connectivity index (χ3v) is 1.65. The summed E-state index contributed by atoms with van der Waals surface area (Å²) in [5.41, 5.74) is 4.50. The Balaban J connectivity index is 0.000000442. The number of nitrogens with one attached hydrogen (secondary N) is 1. The zero-order valence-corrected chi connectivity index (χ0v) is 9.73. The number of ether oxygens (including phenoxy) is 1. The Morgan fingerprint density at radius 3 is 2.40 bits per heavy atom. The van der Waals surface area contributed by atoms with Crippen molar-refractivity contribution in [3.63, 3.8) is 0 Å². The van der Waals surface area contributed by atoms with Crippen molar-refractivity contribution >= 4 is 5.82 Å². The van der Waals surface area contributed by atoms with Gasteiger partial charge >= 0.3 is 0 Å². The highest BCUT2D eigenvalue weighted by atomic mass is 16.5. The molecule has 0 aliphatic carbocycles. The number of anilines is 1. The highest BCUT2D eigenvalue weighted by Gasteiger charge is 2.17. The molecule has 1 aromatic heterocycles. The SMILES string of the molecule is CC.CN.c1ccc(NC2COC2)nc1. The van der Waals surface area contributed by atoms with Gasteiger partial charge in [-0.3, -0.25) is 0 Å². The van der Waals surface area contributed by atoms with Crippen molar-refractivity contribution in [3.8, 4) is 0 Å². The first-order valence-corrected chi connectivity index (χ1v) is 5.28. The van der Waals surface area contributed by atoms with Crippen LogP contribution in [0.5, 0.6) is 0 Å². The second-order valence-corrected chi connectivity index (χ2v) is 2.59. The van der Waals surface area contributed by atoms with E-state index >= 15 is 0 Å². The maximum absolute atomic E-state index is 5.02. The van der Waals surface area contributed by atoms with Crippen LogP contribution in [0.15, 0.2) is 24.4 Å². The number of nitrogens with two attached hydrogens (primary N) is 1. The van der Waals surface area contributed by atoms with Crippen LogP contribution < -0.4 is 11.1 Å². The fourth-order valence-corrected chi connectivity index (χ4v) is 0.976. The number of pyridine rings is 1. The lowest BCUT2D eigenvalue weighted by Crippen LogP contribution is -2.40. The van der Waals surface area contributed by atoms with E-state index < -0.39 is 0 Å². The molecule has 0 unspecified atom stereocenters. The van der Waals surface area contributed by atoms with Crippen molar-refractivity contribution in [2.24, 2.45) is 5.73 Å². The molecule has 1 aliphatic heterocycles. The molecule has 4 heteroatoms. The summed E-state index contributed by atoms with van der Waals surface area (Å²) in [5, 5.41) is 3.24. The fraction of sp³-hybridized carbons (Fsp3) is 0.545. The lowest BCUT2D eigenvalue weighted by molar-refractivity contribution is 0.0209. The van der Waals surface area contributed by atoms with Gasteiger partial charge < -0.3 is 15.8 Å². The predicted octanol–water partition coefficient (Wildman–Crippen LogP) is 1.49. The third-order valence-electron chi connectivity index (χ3n) is 1.65. The van der Waals surface area contributed by atoms with Gasteiger partial charge in [0.1, 0.15) is 5.82 Å². The molecule has 3 N–H and O–H groups in total. The monoisotopic (exact) mass is 211 g/mol. The molecule has 86 valence electrons. The van der Waals surface area contributed by atoms with Crippen molar-refractivity contribution in [1.29, 1.82) is 0 Å². The quantitative estimate of drug-likeness (QED) is 0.778. The minimum absolute atomic E-state index is 0.463. The summed E-state index contributed by atoms with van der Waals surface area (Å²) >= 11 is 0. The van der Waals surface area contributed by atoms with E-state index in [-0.39, 0.29) is 0 Å². The summed E-state index contributed by atoms with van der Waals surface area (Å²) in [6.45, 7) is 5.60. The lowest BCUT2D eigenvalue weighted by Gasteiger charge is -2.27. The van der Waals surface area contributed by atoms with E-state index in [0.29, 0.717) is 6.04 Å². The van der Waals surface area contributed by atoms with Gasteiger partial charge in [-0.25, -0.2) is 4.98 Å². The molecule has 0 atom stereocenters. The molecule has 2 rings (SSSR count). The van der Waals surface area contributed by atoms with Gasteiger partial charge in [-0.1, -0.05) is 19.9 Å². The Bertz CT molecular complexity index is 225. The Kier molecular flexibility index (Phi) is 8.72. The zero-order valence-electron chi connectivity index (χ0n) is 9.73. The van der Waals surface area contributed by atoms with Crippen LogP contribution in [0.2, 0.25) is 0 Å². The second kappa shape index (κ2) is 9.43. The smallest absolute Gasteiger partial charge is 0.126 e. The molecule has 0 amide bonds. The summed E-state index contributed by atoms with van der Waals surface area (Å²) in [5.74, 6) is 0.931. The Hall–Kier alpha value is -1.13. The summed E-state index contributed by atoms with van der Waals surface area (Å²) in [4.78, 5) is 4.13. The fourth-order valence-electron chi connectivity index (χ4n) is 0.976. The largest absolute Gasteiger partial charge is 0.377 e. The third kappa shape index (κ3) is 5.34. The van der Waals surface area contributed by atoms with Gasteiger partial charge in [0.2, 0.25) is 0 Å². The Morgan fingerprint density at radius 2 is 2.00 bits per heavy atom. The zero-order chi connectivity index (χ0) is 11.5. The maximum Gasteiger partial charge on any atom is 0.126 e. The average Bonchev–Trinajstić information content (AvgIpc) is 2.31. The van der Waals surface area contributed by atoms with Crippen LogP contribution in [0.4, 0.5) is 5.82 Å². The van der Waals surface area contributed by atoms with Gasteiger partial charge in [-0.2, -0.15) is 0 Å². The molecule has 15 heavy (non-hydrogen) atoms. The normalized spacial score (nSPS) is 13.6. The molecule has 1 fully saturated rings. The molecular formula is C11H21N3O. The molecule has 2 heterocycles. The molecule has 0 bridgehead atoms. The van der Waals surface area contributed by atoms with Crippen LogP contribution in [-0.4, -0.2) is 31.3 Å². The van der Waals surface area contributed by atoms with Gasteiger partial charge in [-0.15, -0.1) is 0 Å². The van der Waals surface area contributed by atoms with Crippen LogP contribution in [0, 0.1) is 0 Å². The molecule has 1 aromatic rings. The van der Waals surface area contributed by atoms with Crippen LogP contribution in [0.3, 0.4) is 0 Å². The minimum Gasteiger partial charge on any atom is -0.377 e. The Morgan fingerprint density at radius 1 is 1.33 bits per heavy atom. The topological polar surface area (TPSA) is 60.2 Å². The van der Waals surface area contributed by atoms with E-state index in [2.05, 4.69) is 16.0 Å². The number of aromatic nitrogens is 1. The van der Waals surface area contributed by atoms with Crippen LogP contribution in [0.25, 0.3) is 0 Å². The van der Waals surface area contributed by atoms with Crippen molar-refractivity contribution in [2.45, 2.75) is 19.9 Å². The summed E-state index contributed by atoms with van der Waals surface area (Å²) < 4.78 is 5.02. The number of hydrogen-bond donors (Lipinski definition) is 2. The van der Waals surface area contributed by atoms with E-state index in [1.54, 1.807) is 6.20 Å². The molecule has 0 saturated carbocycles. The molecule has 1 saturated heterocycles. The average molecular weight is 211 g/mol. The first-order chi connectivity index (χ1) is 7.45. The summed E-state index contributed by atoms with van der Waals surface area (Å²) in [7, 11) is 1.50. The molecule has 0 spiro atoms. The first-order valence-electron chi connectivity index (χ1n) is 5.28. The van der Waals surface area contributed by atoms with E-state index in [9.17, 15) is 0 Å². The lowest BCUT2D eigenvalue weighted by atomic mass is 10.2. The first kappa shape index (κ1) is 13.9. The van der Waals surface area contributed by atoms with Gasteiger partial charge in [0.25, 0.3) is 0 Å². The molecule has 0 radical (unpaired) electrons. The van der Waals surface area contributed by atoms with E-state index in [1.807, 2.05) is 32.0 Å². The van der Waals surface area contributed by atoms with Gasteiger partial charge in [0, 0.05) is 6.20 Å². The van der Waals surface area contributed by atoms with Gasteiger partial charge in [0.05, 0.1) is 19.3 Å². The molecular weight excluding hydrogens is 190 g/mol. The van der Waals surface area contributed by atoms with Crippen LogP contribution in [0.1, 0.15) is 13.8 Å². The van der Waals surface area contributed by atoms with E-state index in [4.69, 9.17) is 4.74 Å². The summed E-state index contributed by atoms with van der Waals surface area (Å²) in [6, 6.07) is 6.29. The van der Waals surface area contributed by atoms with E-state index in [1.165, 1.54) is 7.05 Å². The highest BCUT2D eigenvalue weighted by molar-refractivity contribution is 5.34. The van der Waals surface area contributed by atoms with Crippen molar-refractivity contribution in [2.75, 3.05) is 25.6 Å². The molecule has 4 nitrogen and oxygen atoms in total. The highest BCUT2D eigenvalue weighted by Crippen LogP contribution is 2.08. The second-order valence-electron chi connectivity index (χ2n) is 2.59. The van der Waals surface area contributed by atoms with Crippen molar-refractivity contribution in [3.05, 3.63) is 24.4 Å². The number of hydrogen-bond acceptors (Lipinski definition) is 4. The van der Waals surface area contributed by atoms with Crippen LogP contribution >= 0.6 is 0 Å². The van der Waals surface area contributed by atoms with Gasteiger partial charge in [0.15, 0.2) is 0 Å². The number of rotatable bonds is 2. The standard InChI is InChI=1S/C8H10N2O.C2H6.CH5N/c1-2-4-9-8(3-1)10-7-5-11-6-7;2*1-2/h1-4,7H,5-6H2,(H,9,10);1-2H3;2H2,1H3. The summed E-state index contributed by atoms with van der Waals surface area (Å²) in [6.07, 6.45) is 1.78. The van der Waals surface area contributed by atoms with Crippen molar-refractivity contribution < 1.29 is 4.74 Å².